The fraction of sp³-hybridized carbons (Fsp3) is 0.480. The van der Waals surface area contributed by atoms with Gasteiger partial charge in [0.15, 0.2) is 5.81 Å². The highest BCUT2D eigenvalue weighted by molar-refractivity contribution is 7.89. The van der Waals surface area contributed by atoms with Crippen molar-refractivity contribution in [2.75, 3.05) is 26.7 Å². The predicted molar refractivity (Wildman–Crippen MR) is 143 cm³/mol. The van der Waals surface area contributed by atoms with Crippen LogP contribution in [0.1, 0.15) is 32.3 Å². The average Bonchev–Trinajstić information content (AvgIpc) is 2.86. The largest absolute Gasteiger partial charge is 0.497 e. The third kappa shape index (κ3) is 9.73. The minimum atomic E-state index is -4.03. The molecular formula is C25H34BN5O5S. The molecule has 0 heterocycles. The molecule has 198 valence electrons. The third-order valence-electron chi connectivity index (χ3n) is 5.96. The second-order valence-electron chi connectivity index (χ2n) is 9.57. The lowest BCUT2D eigenvalue weighted by molar-refractivity contribution is 0.0969. The van der Waals surface area contributed by atoms with Crippen molar-refractivity contribution >= 4 is 23.7 Å². The number of ether oxygens (including phenoxy) is 1. The Morgan fingerprint density at radius 2 is 1.86 bits per heavy atom. The van der Waals surface area contributed by atoms with Crippen molar-refractivity contribution in [1.29, 1.82) is 0 Å². The van der Waals surface area contributed by atoms with Gasteiger partial charge in [0, 0.05) is 24.5 Å². The van der Waals surface area contributed by atoms with Gasteiger partial charge in [-0.15, -0.1) is 0 Å². The topological polar surface area (TPSA) is 145 Å². The van der Waals surface area contributed by atoms with Crippen LogP contribution >= 0.6 is 0 Å². The summed E-state index contributed by atoms with van der Waals surface area (Å²) < 4.78 is 33.8. The van der Waals surface area contributed by atoms with Crippen molar-refractivity contribution in [1.82, 2.24) is 9.62 Å². The van der Waals surface area contributed by atoms with E-state index in [4.69, 9.17) is 18.1 Å². The van der Waals surface area contributed by atoms with E-state index < -0.39 is 33.4 Å². The highest BCUT2D eigenvalue weighted by Gasteiger charge is 2.34. The number of aliphatic hydroxyl groups is 1. The van der Waals surface area contributed by atoms with Crippen LogP contribution in [0.15, 0.2) is 64.6 Å². The lowest BCUT2D eigenvalue weighted by atomic mass is 9.87. The molecule has 0 fully saturated rings. The number of carbonyl (C=O) groups is 1. The number of amides is 1. The van der Waals surface area contributed by atoms with E-state index in [1.54, 1.807) is 12.1 Å². The molecule has 2 radical (unpaired) electrons. The maximum absolute atomic E-state index is 13.7. The van der Waals surface area contributed by atoms with E-state index in [1.165, 1.54) is 23.5 Å². The summed E-state index contributed by atoms with van der Waals surface area (Å²) in [7, 11) is 2.82. The first-order chi connectivity index (χ1) is 17.5. The Labute approximate surface area is 220 Å². The van der Waals surface area contributed by atoms with Gasteiger partial charge in [-0.2, -0.15) is 4.31 Å². The molecule has 2 atom stereocenters. The molecule has 0 aromatic heterocycles. The summed E-state index contributed by atoms with van der Waals surface area (Å²) in [5.74, 6) is -0.305. The van der Waals surface area contributed by atoms with Gasteiger partial charge in [-0.3, -0.25) is 4.79 Å². The first kappa shape index (κ1) is 30.2. The number of hydrogen-bond acceptors (Lipinski definition) is 6. The molecule has 0 saturated heterocycles. The summed E-state index contributed by atoms with van der Waals surface area (Å²) >= 11 is 0. The quantitative estimate of drug-likeness (QED) is 0.119. The Balaban J connectivity index is 2.35. The van der Waals surface area contributed by atoms with Crippen LogP contribution in [0.5, 0.6) is 5.75 Å². The zero-order chi connectivity index (χ0) is 27.5. The van der Waals surface area contributed by atoms with Crippen molar-refractivity contribution in [3.63, 3.8) is 0 Å². The van der Waals surface area contributed by atoms with Crippen LogP contribution < -0.4 is 10.1 Å². The number of benzene rings is 2. The molecule has 37 heavy (non-hydrogen) atoms. The predicted octanol–water partition coefficient (Wildman–Crippen LogP) is 3.65. The lowest BCUT2D eigenvalue weighted by Gasteiger charge is -2.35. The van der Waals surface area contributed by atoms with Gasteiger partial charge in [0.2, 0.25) is 17.9 Å². The number of azide groups is 1. The Morgan fingerprint density at radius 1 is 1.22 bits per heavy atom. The van der Waals surface area contributed by atoms with Gasteiger partial charge in [0.1, 0.15) is 5.75 Å². The van der Waals surface area contributed by atoms with Crippen molar-refractivity contribution in [2.24, 2.45) is 10.5 Å². The van der Waals surface area contributed by atoms with Crippen LogP contribution in [-0.2, 0) is 16.4 Å². The summed E-state index contributed by atoms with van der Waals surface area (Å²) in [5, 5.41) is 17.3. The van der Waals surface area contributed by atoms with Gasteiger partial charge < -0.3 is 15.2 Å². The monoisotopic (exact) mass is 527 g/mol. The molecule has 0 saturated carbocycles. The first-order valence-corrected chi connectivity index (χ1v) is 13.4. The van der Waals surface area contributed by atoms with Crippen LogP contribution in [0.4, 0.5) is 4.79 Å². The maximum atomic E-state index is 13.7. The second-order valence-corrected chi connectivity index (χ2v) is 11.5. The van der Waals surface area contributed by atoms with Crippen LogP contribution in [0.25, 0.3) is 10.4 Å². The minimum Gasteiger partial charge on any atom is -0.497 e. The molecule has 12 heteroatoms. The highest BCUT2D eigenvalue weighted by Crippen LogP contribution is 2.28. The smallest absolute Gasteiger partial charge is 0.243 e. The number of methoxy groups -OCH3 is 1. The minimum absolute atomic E-state index is 0.0489. The van der Waals surface area contributed by atoms with Crippen LogP contribution in [0.3, 0.4) is 0 Å². The molecule has 2 rings (SSSR count). The second kappa shape index (κ2) is 14.0. The van der Waals surface area contributed by atoms with E-state index in [1.807, 2.05) is 44.2 Å². The van der Waals surface area contributed by atoms with Gasteiger partial charge in [-0.05, 0) is 60.0 Å². The summed E-state index contributed by atoms with van der Waals surface area (Å²) in [5.41, 5.74) is 8.87. The van der Waals surface area contributed by atoms with Crippen LogP contribution in [0, 0.1) is 5.41 Å². The zero-order valence-corrected chi connectivity index (χ0v) is 22.3. The maximum Gasteiger partial charge on any atom is 0.243 e. The third-order valence-corrected chi connectivity index (χ3v) is 7.78. The van der Waals surface area contributed by atoms with Gasteiger partial charge >= 0.3 is 0 Å². The van der Waals surface area contributed by atoms with Crippen molar-refractivity contribution in [3.8, 4) is 5.75 Å². The molecule has 2 N–H and O–H groups in total. The molecule has 0 aliphatic carbocycles. The van der Waals surface area contributed by atoms with E-state index in [9.17, 15) is 18.3 Å². The SMILES string of the molecule is [B]C(=O)N[C@@H](Cc1ccccc1)[C@H](O)CN(CC(C)(C)CCCN=[N+]=[N-])S(=O)(=O)c1ccc(OC)cc1. The van der Waals surface area contributed by atoms with Gasteiger partial charge in [-0.25, -0.2) is 8.42 Å². The van der Waals surface area contributed by atoms with Crippen molar-refractivity contribution in [2.45, 2.75) is 50.2 Å². The van der Waals surface area contributed by atoms with Crippen LogP contribution in [-0.4, -0.2) is 70.4 Å². The molecule has 1 amide bonds. The van der Waals surface area contributed by atoms with E-state index in [2.05, 4.69) is 15.3 Å². The summed E-state index contributed by atoms with van der Waals surface area (Å²) in [6.45, 7) is 3.94. The molecule has 0 bridgehead atoms. The molecule has 0 spiro atoms. The fourth-order valence-corrected chi connectivity index (χ4v) is 5.69. The molecule has 0 aliphatic rings. The summed E-state index contributed by atoms with van der Waals surface area (Å²) in [4.78, 5) is 14.5. The van der Waals surface area contributed by atoms with Gasteiger partial charge in [-0.1, -0.05) is 49.3 Å². The molecule has 10 nitrogen and oxygen atoms in total. The fourth-order valence-electron chi connectivity index (χ4n) is 4.04. The van der Waals surface area contributed by atoms with E-state index in [0.717, 1.165) is 5.56 Å². The molecule has 0 unspecified atom stereocenters. The number of nitrogens with zero attached hydrogens (tertiary/aromatic N) is 4. The lowest BCUT2D eigenvalue weighted by Crippen LogP contribution is -2.51. The number of hydrogen-bond donors (Lipinski definition) is 2. The Bertz CT molecular complexity index is 1160. The average molecular weight is 527 g/mol. The highest BCUT2D eigenvalue weighted by atomic mass is 32.2. The van der Waals surface area contributed by atoms with Gasteiger partial charge in [0.05, 0.1) is 24.2 Å². The van der Waals surface area contributed by atoms with Gasteiger partial charge in [0.25, 0.3) is 0 Å². The number of rotatable bonds is 15. The zero-order valence-electron chi connectivity index (χ0n) is 21.4. The van der Waals surface area contributed by atoms with Crippen LogP contribution in [0.2, 0.25) is 0 Å². The first-order valence-electron chi connectivity index (χ1n) is 11.9. The number of aliphatic hydroxyl groups excluding tert-OH is 1. The van der Waals surface area contributed by atoms with E-state index in [-0.39, 0.29) is 24.4 Å². The van der Waals surface area contributed by atoms with E-state index in [0.29, 0.717) is 25.1 Å². The number of carbonyl (C=O) groups excluding carboxylic acids is 1. The number of sulfonamides is 1. The molecular weight excluding hydrogens is 493 g/mol. The van der Waals surface area contributed by atoms with Crippen molar-refractivity contribution in [3.05, 3.63) is 70.6 Å². The summed E-state index contributed by atoms with van der Waals surface area (Å²) in [6.07, 6.45) is 0.177. The number of nitrogens with one attached hydrogen (secondary N) is 1. The standard InChI is InChI=1S/C25H34BN5O5S/c1-25(2,14-7-15-28-30-27)18-31(37(34,35)21-12-10-20(36-3)11-13-21)17-23(32)22(29-24(26)33)16-19-8-5-4-6-9-19/h4-6,8-13,22-23,32H,7,14-18H2,1-3H3,(H,29,33)/t22-,23+/m0/s1. The molecule has 0 aliphatic heterocycles. The van der Waals surface area contributed by atoms with Crippen molar-refractivity contribution < 1.29 is 23.1 Å². The molecule has 2 aromatic carbocycles. The Hall–Kier alpha value is -3.05. The Morgan fingerprint density at radius 3 is 2.43 bits per heavy atom. The summed E-state index contributed by atoms with van der Waals surface area (Å²) in [6, 6.07) is 14.4. The normalized spacial score (nSPS) is 13.4. The Kier molecular flexibility index (Phi) is 11.5. The molecule has 2 aromatic rings. The van der Waals surface area contributed by atoms with E-state index >= 15 is 0 Å².